The van der Waals surface area contributed by atoms with Crippen LogP contribution in [0.1, 0.15) is 25.7 Å². The van der Waals surface area contributed by atoms with Crippen molar-refractivity contribution in [2.24, 2.45) is 5.92 Å². The van der Waals surface area contributed by atoms with Crippen LogP contribution in [0.4, 0.5) is 0 Å². The highest BCUT2D eigenvalue weighted by Gasteiger charge is 2.34. The maximum Gasteiger partial charge on any atom is 0.0609 e. The molecular formula is C10H19N3. The molecule has 0 aliphatic carbocycles. The lowest BCUT2D eigenvalue weighted by molar-refractivity contribution is 0.114. The van der Waals surface area contributed by atoms with E-state index in [1.165, 1.54) is 45.3 Å². The minimum absolute atomic E-state index is 0.613. The van der Waals surface area contributed by atoms with Gasteiger partial charge in [-0.05, 0) is 44.7 Å². The highest BCUT2D eigenvalue weighted by atomic mass is 15.3. The van der Waals surface area contributed by atoms with Gasteiger partial charge in [0.1, 0.15) is 0 Å². The Hall–Kier alpha value is -0.120. The van der Waals surface area contributed by atoms with Gasteiger partial charge in [-0.1, -0.05) is 0 Å². The molecule has 13 heavy (non-hydrogen) atoms. The lowest BCUT2D eigenvalue weighted by atomic mass is 9.99. The third-order valence-electron chi connectivity index (χ3n) is 3.82. The first-order valence-corrected chi connectivity index (χ1v) is 5.65. The Labute approximate surface area is 79.9 Å². The lowest BCUT2D eigenvalue weighted by Gasteiger charge is -2.39. The van der Waals surface area contributed by atoms with Gasteiger partial charge in [0.2, 0.25) is 0 Å². The van der Waals surface area contributed by atoms with E-state index in [9.17, 15) is 0 Å². The van der Waals surface area contributed by atoms with Crippen molar-refractivity contribution in [1.82, 2.24) is 15.5 Å². The highest BCUT2D eigenvalue weighted by Crippen LogP contribution is 2.29. The number of hydrogen-bond donors (Lipinski definition) is 2. The Bertz CT molecular complexity index is 191. The van der Waals surface area contributed by atoms with Crippen LogP contribution in [0.15, 0.2) is 0 Å². The first kappa shape index (κ1) is 8.21. The van der Waals surface area contributed by atoms with Crippen molar-refractivity contribution in [2.45, 2.75) is 38.0 Å². The van der Waals surface area contributed by atoms with Crippen molar-refractivity contribution in [3.8, 4) is 0 Å². The van der Waals surface area contributed by atoms with Crippen molar-refractivity contribution < 1.29 is 0 Å². The topological polar surface area (TPSA) is 27.3 Å². The highest BCUT2D eigenvalue weighted by molar-refractivity contribution is 4.89. The molecule has 4 unspecified atom stereocenters. The van der Waals surface area contributed by atoms with E-state index in [0.29, 0.717) is 12.3 Å². The van der Waals surface area contributed by atoms with Crippen LogP contribution in [0, 0.1) is 5.92 Å². The molecule has 0 aromatic carbocycles. The minimum Gasteiger partial charge on any atom is -0.302 e. The largest absolute Gasteiger partial charge is 0.302 e. The first-order chi connectivity index (χ1) is 6.42. The second kappa shape index (κ2) is 3.23. The molecule has 3 fully saturated rings. The van der Waals surface area contributed by atoms with Crippen molar-refractivity contribution in [3.05, 3.63) is 0 Å². The van der Waals surface area contributed by atoms with Crippen LogP contribution in [-0.4, -0.2) is 36.9 Å². The molecule has 3 aliphatic heterocycles. The molecule has 2 N–H and O–H groups in total. The van der Waals surface area contributed by atoms with Crippen LogP contribution in [-0.2, 0) is 0 Å². The third-order valence-corrected chi connectivity index (χ3v) is 3.82. The van der Waals surface area contributed by atoms with Crippen LogP contribution in [0.25, 0.3) is 0 Å². The average Bonchev–Trinajstić information content (AvgIpc) is 2.45. The molecule has 3 aliphatic rings. The summed E-state index contributed by atoms with van der Waals surface area (Å²) in [5.74, 6) is 1.02. The summed E-state index contributed by atoms with van der Waals surface area (Å²) in [5.41, 5.74) is 0. The van der Waals surface area contributed by atoms with E-state index < -0.39 is 0 Å². The molecule has 4 atom stereocenters. The average molecular weight is 181 g/mol. The van der Waals surface area contributed by atoms with Gasteiger partial charge in [0.05, 0.1) is 12.3 Å². The fourth-order valence-corrected chi connectivity index (χ4v) is 2.81. The summed E-state index contributed by atoms with van der Waals surface area (Å²) in [6.07, 6.45) is 6.85. The number of nitrogens with zero attached hydrogens (tertiary/aromatic N) is 1. The Morgan fingerprint density at radius 3 is 2.85 bits per heavy atom. The second-order valence-electron chi connectivity index (χ2n) is 4.70. The van der Waals surface area contributed by atoms with Crippen molar-refractivity contribution in [3.63, 3.8) is 0 Å². The molecule has 3 heteroatoms. The van der Waals surface area contributed by atoms with Gasteiger partial charge in [-0.3, -0.25) is 10.2 Å². The molecule has 3 heterocycles. The van der Waals surface area contributed by atoms with Gasteiger partial charge < -0.3 is 5.32 Å². The summed E-state index contributed by atoms with van der Waals surface area (Å²) in [5, 5.41) is 7.11. The fraction of sp³-hybridized carbons (Fsp3) is 1.00. The summed E-state index contributed by atoms with van der Waals surface area (Å²) in [7, 11) is 0. The molecule has 0 amide bonds. The monoisotopic (exact) mass is 181 g/mol. The number of nitrogens with one attached hydrogen (secondary N) is 2. The SMILES string of the molecule is C1CC(NC2CCC3CCN2C3)N1. The van der Waals surface area contributed by atoms with E-state index in [1.807, 2.05) is 0 Å². The zero-order valence-corrected chi connectivity index (χ0v) is 8.13. The second-order valence-corrected chi connectivity index (χ2v) is 4.70. The lowest BCUT2D eigenvalue weighted by Crippen LogP contribution is -2.60. The minimum atomic E-state index is 0.613. The van der Waals surface area contributed by atoms with Gasteiger partial charge in [0.15, 0.2) is 0 Å². The Kier molecular flexibility index (Phi) is 2.04. The van der Waals surface area contributed by atoms with E-state index in [-0.39, 0.29) is 0 Å². The van der Waals surface area contributed by atoms with Gasteiger partial charge >= 0.3 is 0 Å². The van der Waals surface area contributed by atoms with Crippen LogP contribution in [0.5, 0.6) is 0 Å². The van der Waals surface area contributed by atoms with E-state index in [0.717, 1.165) is 5.92 Å². The Balaban J connectivity index is 1.57. The maximum absolute atomic E-state index is 3.70. The van der Waals surface area contributed by atoms with Crippen molar-refractivity contribution >= 4 is 0 Å². The zero-order chi connectivity index (χ0) is 8.67. The van der Waals surface area contributed by atoms with E-state index in [1.54, 1.807) is 0 Å². The predicted octanol–water partition coefficient (Wildman–Crippen LogP) is 0.337. The Morgan fingerprint density at radius 2 is 2.08 bits per heavy atom. The summed E-state index contributed by atoms with van der Waals surface area (Å²) in [6.45, 7) is 3.88. The third kappa shape index (κ3) is 1.49. The molecule has 0 radical (unpaired) electrons. The van der Waals surface area contributed by atoms with Crippen molar-refractivity contribution in [2.75, 3.05) is 19.6 Å². The van der Waals surface area contributed by atoms with Crippen LogP contribution in [0.2, 0.25) is 0 Å². The van der Waals surface area contributed by atoms with Crippen LogP contribution in [0.3, 0.4) is 0 Å². The molecule has 74 valence electrons. The molecule has 3 nitrogen and oxygen atoms in total. The molecule has 3 saturated heterocycles. The van der Waals surface area contributed by atoms with E-state index >= 15 is 0 Å². The molecule has 0 saturated carbocycles. The smallest absolute Gasteiger partial charge is 0.0609 e. The number of hydrogen-bond acceptors (Lipinski definition) is 3. The number of rotatable bonds is 2. The number of piperidine rings is 1. The van der Waals surface area contributed by atoms with E-state index in [2.05, 4.69) is 15.5 Å². The van der Waals surface area contributed by atoms with Crippen LogP contribution >= 0.6 is 0 Å². The summed E-state index contributed by atoms with van der Waals surface area (Å²) >= 11 is 0. The van der Waals surface area contributed by atoms with Crippen LogP contribution < -0.4 is 10.6 Å². The van der Waals surface area contributed by atoms with Gasteiger partial charge in [-0.15, -0.1) is 0 Å². The fourth-order valence-electron chi connectivity index (χ4n) is 2.81. The van der Waals surface area contributed by atoms with Crippen molar-refractivity contribution in [1.29, 1.82) is 0 Å². The van der Waals surface area contributed by atoms with Gasteiger partial charge in [0.25, 0.3) is 0 Å². The number of fused-ring (bicyclic) bond motifs is 2. The summed E-state index contributed by atoms with van der Waals surface area (Å²) in [6, 6.07) is 0. The first-order valence-electron chi connectivity index (χ1n) is 5.65. The standard InChI is InChI=1S/C10H19N3/c1-2-10(12-9-3-5-11-9)13-6-4-8(1)7-13/h8-12H,1-7H2. The van der Waals surface area contributed by atoms with Gasteiger partial charge in [0, 0.05) is 6.54 Å². The summed E-state index contributed by atoms with van der Waals surface area (Å²) < 4.78 is 0. The zero-order valence-electron chi connectivity index (χ0n) is 8.13. The molecule has 0 aromatic heterocycles. The van der Waals surface area contributed by atoms with E-state index in [4.69, 9.17) is 0 Å². The Morgan fingerprint density at radius 1 is 1.15 bits per heavy atom. The van der Waals surface area contributed by atoms with Gasteiger partial charge in [-0.25, -0.2) is 0 Å². The quantitative estimate of drug-likeness (QED) is 0.643. The summed E-state index contributed by atoms with van der Waals surface area (Å²) in [4.78, 5) is 2.63. The molecule has 3 rings (SSSR count). The predicted molar refractivity (Wildman–Crippen MR) is 52.2 cm³/mol. The maximum atomic E-state index is 3.70. The van der Waals surface area contributed by atoms with Gasteiger partial charge in [-0.2, -0.15) is 0 Å². The molecule has 0 aromatic rings. The molecular weight excluding hydrogens is 162 g/mol. The molecule has 2 bridgehead atoms. The molecule has 0 spiro atoms. The normalized spacial score (nSPS) is 48.9.